The van der Waals surface area contributed by atoms with Crippen molar-refractivity contribution in [2.45, 2.75) is 77.6 Å². The zero-order valence-electron chi connectivity index (χ0n) is 14.9. The van der Waals surface area contributed by atoms with Gasteiger partial charge in [0.1, 0.15) is 0 Å². The van der Waals surface area contributed by atoms with Crippen molar-refractivity contribution in [2.75, 3.05) is 33.2 Å². The van der Waals surface area contributed by atoms with E-state index in [2.05, 4.69) is 29.3 Å². The number of nitrogens with zero attached hydrogens (tertiary/aromatic N) is 2. The summed E-state index contributed by atoms with van der Waals surface area (Å²) in [7, 11) is 2.13. The molecule has 1 aliphatic rings. The van der Waals surface area contributed by atoms with Gasteiger partial charge in [0.05, 0.1) is 0 Å². The fourth-order valence-electron chi connectivity index (χ4n) is 2.92. The lowest BCUT2D eigenvalue weighted by Gasteiger charge is -2.32. The lowest BCUT2D eigenvalue weighted by molar-refractivity contribution is -0.126. The Morgan fingerprint density at radius 2 is 1.32 bits per heavy atom. The number of hydrazine groups is 1. The van der Waals surface area contributed by atoms with Crippen LogP contribution in [-0.4, -0.2) is 49.0 Å². The molecule has 0 radical (unpaired) electrons. The van der Waals surface area contributed by atoms with Gasteiger partial charge in [0.25, 0.3) is 0 Å². The predicted molar refractivity (Wildman–Crippen MR) is 93.7 cm³/mol. The van der Waals surface area contributed by atoms with E-state index in [1.165, 1.54) is 57.8 Å². The number of nitrogens with one attached hydrogen (secondary N) is 1. The number of unbranched alkanes of at least 4 members (excludes halogenated alkanes) is 9. The highest BCUT2D eigenvalue weighted by atomic mass is 16.2. The third-order valence-corrected chi connectivity index (χ3v) is 4.54. The fourth-order valence-corrected chi connectivity index (χ4v) is 2.92. The molecule has 1 N–H and O–H groups in total. The van der Waals surface area contributed by atoms with Gasteiger partial charge in [-0.15, -0.1) is 0 Å². The molecule has 1 saturated heterocycles. The van der Waals surface area contributed by atoms with Crippen LogP contribution < -0.4 is 5.43 Å². The second-order valence-corrected chi connectivity index (χ2v) is 6.76. The van der Waals surface area contributed by atoms with Crippen LogP contribution in [0.2, 0.25) is 0 Å². The number of rotatable bonds is 12. The first kappa shape index (κ1) is 19.4. The summed E-state index contributed by atoms with van der Waals surface area (Å²) < 4.78 is 0. The SMILES string of the molecule is CCCCCCCCCCCCC(=O)NN1CCN(C)CC1. The van der Waals surface area contributed by atoms with E-state index < -0.39 is 0 Å². The molecule has 4 nitrogen and oxygen atoms in total. The van der Waals surface area contributed by atoms with Gasteiger partial charge in [-0.1, -0.05) is 64.7 Å². The average Bonchev–Trinajstić information content (AvgIpc) is 2.51. The van der Waals surface area contributed by atoms with Crippen LogP contribution in [0.1, 0.15) is 77.6 Å². The van der Waals surface area contributed by atoms with Crippen molar-refractivity contribution in [3.63, 3.8) is 0 Å². The normalized spacial score (nSPS) is 16.8. The monoisotopic (exact) mass is 311 g/mol. The number of hydrogen-bond donors (Lipinski definition) is 1. The van der Waals surface area contributed by atoms with Gasteiger partial charge in [-0.05, 0) is 13.5 Å². The van der Waals surface area contributed by atoms with Crippen molar-refractivity contribution in [1.82, 2.24) is 15.3 Å². The van der Waals surface area contributed by atoms with E-state index in [1.807, 2.05) is 0 Å². The summed E-state index contributed by atoms with van der Waals surface area (Å²) in [6.45, 7) is 6.23. The molecular formula is C18H37N3O. The number of carbonyl (C=O) groups is 1. The topological polar surface area (TPSA) is 35.6 Å². The number of hydrogen-bond acceptors (Lipinski definition) is 3. The molecule has 4 heteroatoms. The van der Waals surface area contributed by atoms with Gasteiger partial charge in [-0.3, -0.25) is 10.2 Å². The summed E-state index contributed by atoms with van der Waals surface area (Å²) in [6, 6.07) is 0. The van der Waals surface area contributed by atoms with Crippen LogP contribution in [-0.2, 0) is 4.79 Å². The Morgan fingerprint density at radius 1 is 0.818 bits per heavy atom. The molecular weight excluding hydrogens is 274 g/mol. The second-order valence-electron chi connectivity index (χ2n) is 6.76. The fraction of sp³-hybridized carbons (Fsp3) is 0.944. The molecule has 0 aromatic rings. The Morgan fingerprint density at radius 3 is 1.86 bits per heavy atom. The van der Waals surface area contributed by atoms with Crippen molar-refractivity contribution in [3.8, 4) is 0 Å². The molecule has 1 rings (SSSR count). The molecule has 130 valence electrons. The molecule has 0 aromatic carbocycles. The summed E-state index contributed by atoms with van der Waals surface area (Å²) in [4.78, 5) is 14.2. The van der Waals surface area contributed by atoms with Crippen molar-refractivity contribution >= 4 is 5.91 Å². The maximum absolute atomic E-state index is 11.9. The van der Waals surface area contributed by atoms with E-state index in [0.29, 0.717) is 6.42 Å². The van der Waals surface area contributed by atoms with Crippen molar-refractivity contribution in [3.05, 3.63) is 0 Å². The highest BCUT2D eigenvalue weighted by Crippen LogP contribution is 2.11. The Hall–Kier alpha value is -0.610. The van der Waals surface area contributed by atoms with E-state index in [4.69, 9.17) is 0 Å². The third kappa shape index (κ3) is 10.2. The first-order valence-corrected chi connectivity index (χ1v) is 9.45. The van der Waals surface area contributed by atoms with E-state index in [0.717, 1.165) is 32.6 Å². The third-order valence-electron chi connectivity index (χ3n) is 4.54. The highest BCUT2D eigenvalue weighted by Gasteiger charge is 2.15. The molecule has 22 heavy (non-hydrogen) atoms. The summed E-state index contributed by atoms with van der Waals surface area (Å²) in [6.07, 6.45) is 13.8. The zero-order valence-corrected chi connectivity index (χ0v) is 14.9. The molecule has 1 heterocycles. The van der Waals surface area contributed by atoms with Crippen LogP contribution in [0.3, 0.4) is 0 Å². The standard InChI is InChI=1S/C18H37N3O/c1-3-4-5-6-7-8-9-10-11-12-13-18(22)19-21-16-14-20(2)15-17-21/h3-17H2,1-2H3,(H,19,22). The molecule has 0 aliphatic carbocycles. The van der Waals surface area contributed by atoms with Crippen LogP contribution >= 0.6 is 0 Å². The number of likely N-dealkylation sites (N-methyl/N-ethyl adjacent to an activating group) is 1. The molecule has 0 unspecified atom stereocenters. The first-order chi connectivity index (χ1) is 10.7. The molecule has 0 aromatic heterocycles. The average molecular weight is 312 g/mol. The molecule has 0 atom stereocenters. The molecule has 1 fully saturated rings. The van der Waals surface area contributed by atoms with Crippen LogP contribution in [0.25, 0.3) is 0 Å². The molecule has 1 aliphatic heterocycles. The first-order valence-electron chi connectivity index (χ1n) is 9.45. The Labute approximate surface area is 137 Å². The lowest BCUT2D eigenvalue weighted by Crippen LogP contribution is -2.52. The van der Waals surface area contributed by atoms with Crippen molar-refractivity contribution < 1.29 is 4.79 Å². The molecule has 1 amide bonds. The smallest absolute Gasteiger partial charge is 0.234 e. The summed E-state index contributed by atoms with van der Waals surface area (Å²) in [5.41, 5.74) is 3.04. The second kappa shape index (κ2) is 12.9. The maximum atomic E-state index is 11.9. The lowest BCUT2D eigenvalue weighted by atomic mass is 10.1. The van der Waals surface area contributed by atoms with Gasteiger partial charge in [-0.2, -0.15) is 0 Å². The van der Waals surface area contributed by atoms with Gasteiger partial charge in [0, 0.05) is 32.6 Å². The minimum atomic E-state index is 0.198. The summed E-state index contributed by atoms with van der Waals surface area (Å²) in [5.74, 6) is 0.198. The molecule has 0 spiro atoms. The minimum absolute atomic E-state index is 0.198. The Balaban J connectivity index is 1.84. The van der Waals surface area contributed by atoms with Gasteiger partial charge >= 0.3 is 0 Å². The Kier molecular flexibility index (Phi) is 11.4. The zero-order chi connectivity index (χ0) is 16.0. The van der Waals surface area contributed by atoms with Crippen LogP contribution in [0, 0.1) is 0 Å². The highest BCUT2D eigenvalue weighted by molar-refractivity contribution is 5.75. The van der Waals surface area contributed by atoms with Crippen molar-refractivity contribution in [1.29, 1.82) is 0 Å². The quantitative estimate of drug-likeness (QED) is 0.560. The van der Waals surface area contributed by atoms with Gasteiger partial charge < -0.3 is 4.90 Å². The predicted octanol–water partition coefficient (Wildman–Crippen LogP) is 3.58. The van der Waals surface area contributed by atoms with E-state index >= 15 is 0 Å². The van der Waals surface area contributed by atoms with Crippen LogP contribution in [0.15, 0.2) is 0 Å². The largest absolute Gasteiger partial charge is 0.304 e. The number of piperazine rings is 1. The molecule has 0 bridgehead atoms. The maximum Gasteiger partial charge on any atom is 0.234 e. The summed E-state index contributed by atoms with van der Waals surface area (Å²) >= 11 is 0. The number of amides is 1. The Bertz CT molecular complexity index is 276. The van der Waals surface area contributed by atoms with Gasteiger partial charge in [0.15, 0.2) is 0 Å². The van der Waals surface area contributed by atoms with Crippen LogP contribution in [0.4, 0.5) is 0 Å². The minimum Gasteiger partial charge on any atom is -0.304 e. The molecule has 0 saturated carbocycles. The van der Waals surface area contributed by atoms with Crippen molar-refractivity contribution in [2.24, 2.45) is 0 Å². The number of carbonyl (C=O) groups excluding carboxylic acids is 1. The summed E-state index contributed by atoms with van der Waals surface area (Å²) in [5, 5.41) is 2.07. The van der Waals surface area contributed by atoms with Gasteiger partial charge in [-0.25, -0.2) is 5.01 Å². The van der Waals surface area contributed by atoms with Crippen LogP contribution in [0.5, 0.6) is 0 Å². The van der Waals surface area contributed by atoms with E-state index in [1.54, 1.807) is 0 Å². The van der Waals surface area contributed by atoms with E-state index in [-0.39, 0.29) is 5.91 Å². The van der Waals surface area contributed by atoms with E-state index in [9.17, 15) is 4.79 Å². The van der Waals surface area contributed by atoms with Gasteiger partial charge in [0.2, 0.25) is 5.91 Å².